The molecule has 0 saturated carbocycles. The lowest BCUT2D eigenvalue weighted by Gasteiger charge is -2.46. The second kappa shape index (κ2) is 12.1. The van der Waals surface area contributed by atoms with Gasteiger partial charge >= 0.3 is 0 Å². The van der Waals surface area contributed by atoms with Gasteiger partial charge in [0.25, 0.3) is 0 Å². The topological polar surface area (TPSA) is 34.1 Å². The van der Waals surface area contributed by atoms with Crippen LogP contribution in [0, 0.1) is 5.92 Å². The second-order valence-corrected chi connectivity index (χ2v) is 10.7. The van der Waals surface area contributed by atoms with E-state index >= 15 is 0 Å². The molecule has 3 rings (SSSR count). The van der Waals surface area contributed by atoms with Crippen molar-refractivity contribution >= 4 is 18.6 Å². The van der Waals surface area contributed by atoms with E-state index in [-0.39, 0.29) is 10.8 Å². The highest BCUT2D eigenvalue weighted by Crippen LogP contribution is 2.49. The molecule has 2 nitrogen and oxygen atoms in total. The van der Waals surface area contributed by atoms with E-state index in [4.69, 9.17) is 0 Å². The molecule has 0 spiro atoms. The number of hydrogen-bond donors (Lipinski definition) is 0. The van der Waals surface area contributed by atoms with Crippen molar-refractivity contribution < 1.29 is 9.59 Å². The van der Waals surface area contributed by atoms with E-state index in [0.29, 0.717) is 5.92 Å². The molecule has 0 N–H and O–H groups in total. The third kappa shape index (κ3) is 7.25. The standard InChI is InChI=1S/C16H22O.C15H20O/c1-11-9-15(2,3)13-7-6-12(10-17)8-14(13)16(11,4)5;1-2-3-4-6-11-15(13-16)12-14-9-7-5-8-10-14/h6-8,10-11H,9H2,1-5H3;5,7-10,12-13H,2-4,6,11H2,1H3. The molecular formula is C31H42O2. The van der Waals surface area contributed by atoms with Crippen LogP contribution in [0.5, 0.6) is 0 Å². The molecule has 0 fully saturated rings. The fourth-order valence-electron chi connectivity index (χ4n) is 4.84. The Morgan fingerprint density at radius 1 is 0.909 bits per heavy atom. The lowest BCUT2D eigenvalue weighted by Crippen LogP contribution is -2.40. The van der Waals surface area contributed by atoms with Crippen molar-refractivity contribution in [2.75, 3.05) is 0 Å². The molecule has 178 valence electrons. The molecule has 0 saturated heterocycles. The van der Waals surface area contributed by atoms with Crippen molar-refractivity contribution in [2.24, 2.45) is 5.92 Å². The molecule has 0 heterocycles. The summed E-state index contributed by atoms with van der Waals surface area (Å²) in [4.78, 5) is 21.9. The number of aldehydes is 2. The van der Waals surface area contributed by atoms with E-state index in [1.54, 1.807) is 0 Å². The largest absolute Gasteiger partial charge is 0.298 e. The van der Waals surface area contributed by atoms with Crippen molar-refractivity contribution in [1.82, 2.24) is 0 Å². The molecule has 1 atom stereocenters. The molecule has 2 aromatic carbocycles. The average Bonchev–Trinajstić information content (AvgIpc) is 2.80. The van der Waals surface area contributed by atoms with Gasteiger partial charge in [0, 0.05) is 5.56 Å². The van der Waals surface area contributed by atoms with Gasteiger partial charge in [-0.25, -0.2) is 0 Å². The van der Waals surface area contributed by atoms with Crippen molar-refractivity contribution in [1.29, 1.82) is 0 Å². The molecule has 33 heavy (non-hydrogen) atoms. The first kappa shape index (κ1) is 26.8. The normalized spacial score (nSPS) is 18.5. The zero-order chi connectivity index (χ0) is 24.5. The summed E-state index contributed by atoms with van der Waals surface area (Å²) in [6.45, 7) is 13.7. The Labute approximate surface area is 201 Å². The Balaban J connectivity index is 0.000000234. The summed E-state index contributed by atoms with van der Waals surface area (Å²) >= 11 is 0. The average molecular weight is 447 g/mol. The van der Waals surface area contributed by atoms with Crippen LogP contribution < -0.4 is 0 Å². The van der Waals surface area contributed by atoms with Crippen LogP contribution in [0.2, 0.25) is 0 Å². The molecule has 0 aliphatic heterocycles. The van der Waals surface area contributed by atoms with Crippen LogP contribution in [0.3, 0.4) is 0 Å². The smallest absolute Gasteiger partial charge is 0.150 e. The molecule has 1 aliphatic carbocycles. The minimum absolute atomic E-state index is 0.157. The quantitative estimate of drug-likeness (QED) is 0.232. The summed E-state index contributed by atoms with van der Waals surface area (Å²) in [5.74, 6) is 0.631. The molecule has 2 heteroatoms. The first-order chi connectivity index (χ1) is 15.7. The summed E-state index contributed by atoms with van der Waals surface area (Å²) in [7, 11) is 0. The Hall–Kier alpha value is -2.48. The number of allylic oxidation sites excluding steroid dienone is 1. The highest BCUT2D eigenvalue weighted by Gasteiger charge is 2.41. The maximum atomic E-state index is 10.9. The van der Waals surface area contributed by atoms with Crippen LogP contribution in [0.25, 0.3) is 6.08 Å². The van der Waals surface area contributed by atoms with Crippen molar-refractivity contribution in [3.05, 3.63) is 76.4 Å². The van der Waals surface area contributed by atoms with E-state index in [1.807, 2.05) is 42.5 Å². The number of benzene rings is 2. The number of hydrogen-bond acceptors (Lipinski definition) is 2. The van der Waals surface area contributed by atoms with Crippen molar-refractivity contribution in [3.63, 3.8) is 0 Å². The van der Waals surface area contributed by atoms with E-state index in [2.05, 4.69) is 53.7 Å². The number of unbranched alkanes of at least 4 members (excludes halogenated alkanes) is 3. The Morgan fingerprint density at radius 3 is 2.21 bits per heavy atom. The first-order valence-electron chi connectivity index (χ1n) is 12.5. The minimum atomic E-state index is 0.157. The van der Waals surface area contributed by atoms with Gasteiger partial charge in [0.1, 0.15) is 12.6 Å². The zero-order valence-corrected chi connectivity index (χ0v) is 21.5. The summed E-state index contributed by atoms with van der Waals surface area (Å²) in [6.07, 6.45) is 10.9. The molecule has 0 bridgehead atoms. The van der Waals surface area contributed by atoms with Crippen LogP contribution in [0.15, 0.2) is 54.1 Å². The second-order valence-electron chi connectivity index (χ2n) is 10.7. The van der Waals surface area contributed by atoms with Crippen LogP contribution in [-0.4, -0.2) is 12.6 Å². The molecule has 0 aromatic heterocycles. The molecule has 0 radical (unpaired) electrons. The zero-order valence-electron chi connectivity index (χ0n) is 21.5. The minimum Gasteiger partial charge on any atom is -0.298 e. The fourth-order valence-corrected chi connectivity index (χ4v) is 4.84. The van der Waals surface area contributed by atoms with E-state index in [0.717, 1.165) is 42.1 Å². The number of rotatable bonds is 8. The van der Waals surface area contributed by atoms with Gasteiger partial charge in [-0.15, -0.1) is 0 Å². The van der Waals surface area contributed by atoms with Gasteiger partial charge in [-0.3, -0.25) is 9.59 Å². The number of carbonyl (C=O) groups excluding carboxylic acids is 2. The highest BCUT2D eigenvalue weighted by molar-refractivity contribution is 5.81. The van der Waals surface area contributed by atoms with Crippen LogP contribution in [-0.2, 0) is 15.6 Å². The Kier molecular flexibility index (Phi) is 9.83. The molecule has 0 amide bonds. The summed E-state index contributed by atoms with van der Waals surface area (Å²) in [5, 5.41) is 0. The predicted molar refractivity (Wildman–Crippen MR) is 141 cm³/mol. The summed E-state index contributed by atoms with van der Waals surface area (Å²) < 4.78 is 0. The van der Waals surface area contributed by atoms with Crippen LogP contribution >= 0.6 is 0 Å². The molecule has 1 unspecified atom stereocenters. The maximum Gasteiger partial charge on any atom is 0.150 e. The van der Waals surface area contributed by atoms with Crippen molar-refractivity contribution in [2.45, 2.75) is 90.9 Å². The SMILES string of the molecule is CC1CC(C)(C)c2ccc(C=O)cc2C1(C)C.CCCCCCC(C=O)=Cc1ccccc1. The van der Waals surface area contributed by atoms with E-state index in [9.17, 15) is 9.59 Å². The van der Waals surface area contributed by atoms with Crippen LogP contribution in [0.4, 0.5) is 0 Å². The third-order valence-electron chi connectivity index (χ3n) is 7.27. The predicted octanol–water partition coefficient (Wildman–Crippen LogP) is 8.33. The number of carbonyl (C=O) groups is 2. The lowest BCUT2D eigenvalue weighted by molar-refractivity contribution is -0.105. The Bertz CT molecular complexity index is 935. The maximum absolute atomic E-state index is 10.9. The molecular weight excluding hydrogens is 404 g/mol. The van der Waals surface area contributed by atoms with Gasteiger partial charge in [0.15, 0.2) is 0 Å². The van der Waals surface area contributed by atoms with Gasteiger partial charge in [0.2, 0.25) is 0 Å². The Morgan fingerprint density at radius 2 is 1.61 bits per heavy atom. The first-order valence-corrected chi connectivity index (χ1v) is 12.5. The molecule has 2 aromatic rings. The van der Waals surface area contributed by atoms with Gasteiger partial charge in [-0.2, -0.15) is 0 Å². The van der Waals surface area contributed by atoms with E-state index < -0.39 is 0 Å². The van der Waals surface area contributed by atoms with Gasteiger partial charge in [0.05, 0.1) is 0 Å². The van der Waals surface area contributed by atoms with Gasteiger partial charge in [-0.1, -0.05) is 103 Å². The fraction of sp³-hybridized carbons (Fsp3) is 0.484. The molecule has 1 aliphatic rings. The van der Waals surface area contributed by atoms with Gasteiger partial charge in [-0.05, 0) is 70.4 Å². The van der Waals surface area contributed by atoms with Gasteiger partial charge < -0.3 is 0 Å². The van der Waals surface area contributed by atoms with Crippen LogP contribution in [0.1, 0.15) is 107 Å². The third-order valence-corrected chi connectivity index (χ3v) is 7.27. The monoisotopic (exact) mass is 446 g/mol. The van der Waals surface area contributed by atoms with E-state index in [1.165, 1.54) is 36.8 Å². The van der Waals surface area contributed by atoms with Crippen molar-refractivity contribution in [3.8, 4) is 0 Å². The lowest BCUT2D eigenvalue weighted by atomic mass is 9.58. The summed E-state index contributed by atoms with van der Waals surface area (Å²) in [5.41, 5.74) is 5.94. The highest BCUT2D eigenvalue weighted by atomic mass is 16.1. The number of fused-ring (bicyclic) bond motifs is 1. The summed E-state index contributed by atoms with van der Waals surface area (Å²) in [6, 6.07) is 16.2.